The highest BCUT2D eigenvalue weighted by atomic mass is 16.5. The fourth-order valence-electron chi connectivity index (χ4n) is 2.58. The number of amides is 1. The number of carbonyl (C=O) groups is 2. The van der Waals surface area contributed by atoms with Crippen LogP contribution in [0.15, 0.2) is 24.3 Å². The first-order chi connectivity index (χ1) is 9.44. The van der Waals surface area contributed by atoms with Crippen molar-refractivity contribution in [2.45, 2.75) is 26.7 Å². The lowest BCUT2D eigenvalue weighted by atomic mass is 9.90. The second-order valence-electron chi connectivity index (χ2n) is 5.78. The Morgan fingerprint density at radius 2 is 1.95 bits per heavy atom. The summed E-state index contributed by atoms with van der Waals surface area (Å²) in [6.07, 6.45) is 1.05. The van der Waals surface area contributed by atoms with Crippen molar-refractivity contribution in [1.82, 2.24) is 4.90 Å². The molecule has 0 radical (unpaired) electrons. The van der Waals surface area contributed by atoms with E-state index < -0.39 is 5.41 Å². The van der Waals surface area contributed by atoms with Crippen molar-refractivity contribution in [3.63, 3.8) is 0 Å². The second-order valence-corrected chi connectivity index (χ2v) is 5.78. The summed E-state index contributed by atoms with van der Waals surface area (Å²) in [6, 6.07) is 7.96. The number of nitrogens with zero attached hydrogens (tertiary/aromatic N) is 1. The molecule has 1 amide bonds. The predicted molar refractivity (Wildman–Crippen MR) is 76.2 cm³/mol. The van der Waals surface area contributed by atoms with Crippen molar-refractivity contribution in [2.24, 2.45) is 5.41 Å². The third-order valence-corrected chi connectivity index (χ3v) is 3.98. The molecule has 1 saturated heterocycles. The zero-order chi connectivity index (χ0) is 14.8. The molecule has 1 aromatic carbocycles. The van der Waals surface area contributed by atoms with Gasteiger partial charge in [-0.05, 0) is 25.8 Å². The molecule has 0 aliphatic carbocycles. The summed E-state index contributed by atoms with van der Waals surface area (Å²) in [4.78, 5) is 25.8. The van der Waals surface area contributed by atoms with Crippen LogP contribution >= 0.6 is 0 Å². The van der Waals surface area contributed by atoms with Crippen LogP contribution in [0.5, 0.6) is 0 Å². The van der Waals surface area contributed by atoms with Crippen LogP contribution in [0.3, 0.4) is 0 Å². The first-order valence-electron chi connectivity index (χ1n) is 6.86. The van der Waals surface area contributed by atoms with Crippen molar-refractivity contribution in [1.29, 1.82) is 0 Å². The number of hydrogen-bond acceptors (Lipinski definition) is 3. The molecule has 1 aromatic rings. The van der Waals surface area contributed by atoms with E-state index in [1.807, 2.05) is 38.1 Å². The minimum absolute atomic E-state index is 0.0708. The van der Waals surface area contributed by atoms with Gasteiger partial charge >= 0.3 is 5.97 Å². The number of benzene rings is 1. The van der Waals surface area contributed by atoms with Crippen molar-refractivity contribution in [3.8, 4) is 0 Å². The molecule has 0 unspecified atom stereocenters. The molecule has 0 spiro atoms. The van der Waals surface area contributed by atoms with Crippen molar-refractivity contribution < 1.29 is 14.3 Å². The number of hydrogen-bond donors (Lipinski definition) is 0. The van der Waals surface area contributed by atoms with E-state index in [4.69, 9.17) is 4.74 Å². The van der Waals surface area contributed by atoms with Gasteiger partial charge in [-0.3, -0.25) is 9.59 Å². The number of carbonyl (C=O) groups excluding carboxylic acids is 2. The van der Waals surface area contributed by atoms with Gasteiger partial charge < -0.3 is 9.64 Å². The number of rotatable bonds is 3. The summed E-state index contributed by atoms with van der Waals surface area (Å²) in [5, 5.41) is 0. The fourth-order valence-corrected chi connectivity index (χ4v) is 2.58. The minimum atomic E-state index is -0.558. The van der Waals surface area contributed by atoms with E-state index in [9.17, 15) is 9.59 Å². The van der Waals surface area contributed by atoms with E-state index in [1.165, 1.54) is 12.7 Å². The summed E-state index contributed by atoms with van der Waals surface area (Å²) < 4.78 is 4.82. The van der Waals surface area contributed by atoms with Crippen molar-refractivity contribution in [3.05, 3.63) is 35.4 Å². The molecule has 4 nitrogen and oxygen atoms in total. The second kappa shape index (κ2) is 5.65. The van der Waals surface area contributed by atoms with E-state index in [0.29, 0.717) is 25.9 Å². The van der Waals surface area contributed by atoms with Gasteiger partial charge in [-0.2, -0.15) is 0 Å². The zero-order valence-corrected chi connectivity index (χ0v) is 12.3. The molecule has 0 aromatic heterocycles. The molecule has 2 rings (SSSR count). The highest BCUT2D eigenvalue weighted by Crippen LogP contribution is 2.31. The lowest BCUT2D eigenvalue weighted by Gasteiger charge is -2.21. The third-order valence-electron chi connectivity index (χ3n) is 3.98. The first-order valence-corrected chi connectivity index (χ1v) is 6.86. The summed E-state index contributed by atoms with van der Waals surface area (Å²) >= 11 is 0. The first kappa shape index (κ1) is 14.6. The smallest absolute Gasteiger partial charge is 0.313 e. The van der Waals surface area contributed by atoms with Crippen LogP contribution in [-0.2, 0) is 20.7 Å². The van der Waals surface area contributed by atoms with Gasteiger partial charge in [-0.25, -0.2) is 0 Å². The summed E-state index contributed by atoms with van der Waals surface area (Å²) in [6.45, 7) is 4.95. The van der Waals surface area contributed by atoms with E-state index in [2.05, 4.69) is 0 Å². The van der Waals surface area contributed by atoms with Crippen LogP contribution in [-0.4, -0.2) is 37.0 Å². The predicted octanol–water partition coefficient (Wildman–Crippen LogP) is 1.95. The number of likely N-dealkylation sites (tertiary alicyclic amines) is 1. The van der Waals surface area contributed by atoms with Crippen LogP contribution in [0.1, 0.15) is 24.5 Å². The molecule has 1 aliphatic rings. The molecule has 1 fully saturated rings. The molecule has 4 heteroatoms. The van der Waals surface area contributed by atoms with Crippen molar-refractivity contribution in [2.75, 3.05) is 20.2 Å². The quantitative estimate of drug-likeness (QED) is 0.792. The SMILES string of the molecule is COC(=O)[C@@]1(C)CCN(C(=O)Cc2ccc(C)cc2)C1. The average Bonchev–Trinajstić information content (AvgIpc) is 2.84. The van der Waals surface area contributed by atoms with Crippen molar-refractivity contribution >= 4 is 11.9 Å². The summed E-state index contributed by atoms with van der Waals surface area (Å²) in [5.74, 6) is -0.162. The number of esters is 1. The number of methoxy groups -OCH3 is 1. The van der Waals surface area contributed by atoms with Gasteiger partial charge in [0, 0.05) is 13.1 Å². The molecular formula is C16H21NO3. The van der Waals surface area contributed by atoms with Gasteiger partial charge in [0.1, 0.15) is 0 Å². The molecule has 0 bridgehead atoms. The molecule has 1 atom stereocenters. The van der Waals surface area contributed by atoms with Gasteiger partial charge in [0.15, 0.2) is 0 Å². The van der Waals surface area contributed by atoms with Crippen LogP contribution in [0.4, 0.5) is 0 Å². The largest absolute Gasteiger partial charge is 0.469 e. The zero-order valence-electron chi connectivity index (χ0n) is 12.3. The maximum atomic E-state index is 12.3. The Labute approximate surface area is 119 Å². The molecule has 0 saturated carbocycles. The Morgan fingerprint density at radius 3 is 2.55 bits per heavy atom. The maximum Gasteiger partial charge on any atom is 0.313 e. The van der Waals surface area contributed by atoms with E-state index in [1.54, 1.807) is 4.90 Å². The molecule has 1 aliphatic heterocycles. The lowest BCUT2D eigenvalue weighted by Crippen LogP contribution is -2.36. The molecular weight excluding hydrogens is 254 g/mol. The Hall–Kier alpha value is -1.84. The minimum Gasteiger partial charge on any atom is -0.469 e. The van der Waals surface area contributed by atoms with Gasteiger partial charge in [-0.15, -0.1) is 0 Å². The summed E-state index contributed by atoms with van der Waals surface area (Å²) in [5.41, 5.74) is 1.63. The van der Waals surface area contributed by atoms with E-state index >= 15 is 0 Å². The van der Waals surface area contributed by atoms with Crippen LogP contribution in [0.25, 0.3) is 0 Å². The lowest BCUT2D eigenvalue weighted by molar-refractivity contribution is -0.151. The van der Waals surface area contributed by atoms with Gasteiger partial charge in [0.05, 0.1) is 18.9 Å². The van der Waals surface area contributed by atoms with E-state index in [0.717, 1.165) is 5.56 Å². The molecule has 20 heavy (non-hydrogen) atoms. The third kappa shape index (κ3) is 3.00. The topological polar surface area (TPSA) is 46.6 Å². The fraction of sp³-hybridized carbons (Fsp3) is 0.500. The number of aryl methyl sites for hydroxylation is 1. The highest BCUT2D eigenvalue weighted by Gasteiger charge is 2.42. The van der Waals surface area contributed by atoms with E-state index in [-0.39, 0.29) is 11.9 Å². The van der Waals surface area contributed by atoms with Gasteiger partial charge in [0.25, 0.3) is 0 Å². The average molecular weight is 275 g/mol. The maximum absolute atomic E-state index is 12.3. The normalized spacial score (nSPS) is 21.9. The van der Waals surface area contributed by atoms with Gasteiger partial charge in [0.2, 0.25) is 5.91 Å². The Bertz CT molecular complexity index is 509. The Kier molecular flexibility index (Phi) is 4.12. The standard InChI is InChI=1S/C16H21NO3/c1-12-4-6-13(7-5-12)10-14(18)17-9-8-16(2,11-17)15(19)20-3/h4-7H,8-11H2,1-3H3/t16-/m0/s1. The summed E-state index contributed by atoms with van der Waals surface area (Å²) in [7, 11) is 1.39. The van der Waals surface area contributed by atoms with Gasteiger partial charge in [-0.1, -0.05) is 29.8 Å². The van der Waals surface area contributed by atoms with Crippen LogP contribution in [0.2, 0.25) is 0 Å². The molecule has 108 valence electrons. The number of ether oxygens (including phenoxy) is 1. The highest BCUT2D eigenvalue weighted by molar-refractivity contribution is 5.82. The van der Waals surface area contributed by atoms with Crippen LogP contribution < -0.4 is 0 Å². The monoisotopic (exact) mass is 275 g/mol. The molecule has 1 heterocycles. The Balaban J connectivity index is 1.98. The Morgan fingerprint density at radius 1 is 1.30 bits per heavy atom. The molecule has 0 N–H and O–H groups in total. The van der Waals surface area contributed by atoms with Crippen LogP contribution in [0, 0.1) is 12.3 Å².